The number of halogens is 1. The zero-order chi connectivity index (χ0) is 21.5. The predicted molar refractivity (Wildman–Crippen MR) is 118 cm³/mol. The first-order chi connectivity index (χ1) is 14.4. The summed E-state index contributed by atoms with van der Waals surface area (Å²) in [5.74, 6) is 0.00895. The van der Waals surface area contributed by atoms with Gasteiger partial charge in [-0.2, -0.15) is 0 Å². The molecule has 0 radical (unpaired) electrons. The number of piperazine rings is 1. The van der Waals surface area contributed by atoms with Crippen LogP contribution < -0.4 is 5.32 Å². The molecule has 0 aliphatic carbocycles. The van der Waals surface area contributed by atoms with Crippen LogP contribution in [0.25, 0.3) is 0 Å². The second-order valence-corrected chi connectivity index (χ2v) is 7.83. The molecule has 3 rings (SSSR count). The minimum Gasteiger partial charge on any atom is -0.340 e. The van der Waals surface area contributed by atoms with Gasteiger partial charge in [0.05, 0.1) is 6.42 Å². The first-order valence-corrected chi connectivity index (χ1v) is 10.4. The highest BCUT2D eigenvalue weighted by Crippen LogP contribution is 2.17. The summed E-state index contributed by atoms with van der Waals surface area (Å²) in [7, 11) is 0. The van der Waals surface area contributed by atoms with Crippen LogP contribution in [0.3, 0.4) is 0 Å². The van der Waals surface area contributed by atoms with Crippen molar-refractivity contribution in [2.24, 2.45) is 0 Å². The van der Waals surface area contributed by atoms with Gasteiger partial charge in [0.25, 0.3) is 0 Å². The topological polar surface area (TPSA) is 69.7 Å². The van der Waals surface area contributed by atoms with Gasteiger partial charge in [-0.1, -0.05) is 29.8 Å². The molecule has 0 aromatic heterocycles. The van der Waals surface area contributed by atoms with Gasteiger partial charge in [-0.25, -0.2) is 0 Å². The summed E-state index contributed by atoms with van der Waals surface area (Å²) in [6.07, 6.45) is 0.687. The lowest BCUT2D eigenvalue weighted by Gasteiger charge is -2.34. The van der Waals surface area contributed by atoms with E-state index < -0.39 is 0 Å². The van der Waals surface area contributed by atoms with Crippen molar-refractivity contribution in [1.82, 2.24) is 9.80 Å². The van der Waals surface area contributed by atoms with Crippen LogP contribution in [0.4, 0.5) is 5.69 Å². The summed E-state index contributed by atoms with van der Waals surface area (Å²) in [5, 5.41) is 3.47. The standard InChI is InChI=1S/C23H26ClN3O3/c1-17(28)18-6-8-20(9-7-18)25-22(29)10-11-26-12-14-27(15-13-26)23(30)16-19-4-2-3-5-21(19)24/h2-9H,10-16H2,1H3,(H,25,29). The summed E-state index contributed by atoms with van der Waals surface area (Å²) in [6.45, 7) is 4.94. The number of hydrogen-bond acceptors (Lipinski definition) is 4. The molecule has 6 nitrogen and oxygen atoms in total. The molecule has 7 heteroatoms. The van der Waals surface area contributed by atoms with Gasteiger partial charge in [0.1, 0.15) is 0 Å². The van der Waals surface area contributed by atoms with Crippen LogP contribution in [0.1, 0.15) is 29.3 Å². The van der Waals surface area contributed by atoms with Crippen molar-refractivity contribution in [3.8, 4) is 0 Å². The maximum Gasteiger partial charge on any atom is 0.227 e. The van der Waals surface area contributed by atoms with Crippen molar-refractivity contribution in [2.45, 2.75) is 19.8 Å². The van der Waals surface area contributed by atoms with Gasteiger partial charge in [0.15, 0.2) is 5.78 Å². The van der Waals surface area contributed by atoms with E-state index >= 15 is 0 Å². The maximum atomic E-state index is 12.5. The normalized spacial score (nSPS) is 14.4. The number of Topliss-reactive ketones (excluding diaryl/α,β-unsaturated/α-hetero) is 1. The van der Waals surface area contributed by atoms with Gasteiger partial charge in [-0.15, -0.1) is 0 Å². The first-order valence-electron chi connectivity index (χ1n) is 10.1. The zero-order valence-corrected chi connectivity index (χ0v) is 17.8. The highest BCUT2D eigenvalue weighted by atomic mass is 35.5. The Kier molecular flexibility index (Phi) is 7.60. The fourth-order valence-corrected chi connectivity index (χ4v) is 3.61. The van der Waals surface area contributed by atoms with Crippen molar-refractivity contribution < 1.29 is 14.4 Å². The maximum absolute atomic E-state index is 12.5. The zero-order valence-electron chi connectivity index (χ0n) is 17.1. The van der Waals surface area contributed by atoms with Crippen molar-refractivity contribution in [3.05, 3.63) is 64.7 Å². The van der Waals surface area contributed by atoms with Gasteiger partial charge in [0, 0.05) is 55.4 Å². The van der Waals surface area contributed by atoms with E-state index in [0.717, 1.165) is 18.7 Å². The van der Waals surface area contributed by atoms with Crippen LogP contribution >= 0.6 is 11.6 Å². The van der Waals surface area contributed by atoms with Crippen LogP contribution in [-0.4, -0.2) is 60.1 Å². The molecule has 1 aliphatic rings. The average Bonchev–Trinajstić information content (AvgIpc) is 2.74. The fraction of sp³-hybridized carbons (Fsp3) is 0.348. The van der Waals surface area contributed by atoms with E-state index in [0.29, 0.717) is 48.7 Å². The Morgan fingerprint density at radius 3 is 2.27 bits per heavy atom. The summed E-state index contributed by atoms with van der Waals surface area (Å²) in [5.41, 5.74) is 2.15. The monoisotopic (exact) mass is 427 g/mol. The quantitative estimate of drug-likeness (QED) is 0.688. The minimum atomic E-state index is -0.0669. The van der Waals surface area contributed by atoms with Crippen LogP contribution in [0, 0.1) is 0 Å². The molecular formula is C23H26ClN3O3. The van der Waals surface area contributed by atoms with E-state index in [2.05, 4.69) is 10.2 Å². The molecule has 1 saturated heterocycles. The van der Waals surface area contributed by atoms with Gasteiger partial charge in [-0.05, 0) is 42.8 Å². The van der Waals surface area contributed by atoms with Gasteiger partial charge in [0.2, 0.25) is 11.8 Å². The number of ketones is 1. The van der Waals surface area contributed by atoms with Crippen LogP contribution in [0.15, 0.2) is 48.5 Å². The van der Waals surface area contributed by atoms with Gasteiger partial charge >= 0.3 is 0 Å². The molecular weight excluding hydrogens is 402 g/mol. The Morgan fingerprint density at radius 1 is 0.967 bits per heavy atom. The molecule has 2 aromatic carbocycles. The minimum absolute atomic E-state index is 0.00244. The number of anilines is 1. The number of rotatable bonds is 7. The highest BCUT2D eigenvalue weighted by molar-refractivity contribution is 6.31. The van der Waals surface area contributed by atoms with Crippen LogP contribution in [0.5, 0.6) is 0 Å². The third-order valence-corrected chi connectivity index (χ3v) is 5.62. The number of carbonyl (C=O) groups is 3. The molecule has 30 heavy (non-hydrogen) atoms. The molecule has 0 spiro atoms. The first kappa shape index (κ1) is 22.0. The highest BCUT2D eigenvalue weighted by Gasteiger charge is 2.22. The lowest BCUT2D eigenvalue weighted by atomic mass is 10.1. The van der Waals surface area contributed by atoms with Gasteiger partial charge < -0.3 is 10.2 Å². The second-order valence-electron chi connectivity index (χ2n) is 7.42. The number of nitrogens with zero attached hydrogens (tertiary/aromatic N) is 2. The van der Waals surface area contributed by atoms with Crippen molar-refractivity contribution >= 4 is 34.9 Å². The van der Waals surface area contributed by atoms with Gasteiger partial charge in [-0.3, -0.25) is 19.3 Å². The fourth-order valence-electron chi connectivity index (χ4n) is 3.41. The summed E-state index contributed by atoms with van der Waals surface area (Å²) < 4.78 is 0. The summed E-state index contributed by atoms with van der Waals surface area (Å²) >= 11 is 6.15. The number of hydrogen-bond donors (Lipinski definition) is 1. The smallest absolute Gasteiger partial charge is 0.227 e. The Hall–Kier alpha value is -2.70. The Balaban J connectivity index is 1.39. The lowest BCUT2D eigenvalue weighted by Crippen LogP contribution is -2.49. The van der Waals surface area contributed by atoms with Crippen molar-refractivity contribution in [1.29, 1.82) is 0 Å². The van der Waals surface area contributed by atoms with E-state index in [1.54, 1.807) is 30.3 Å². The molecule has 1 heterocycles. The van der Waals surface area contributed by atoms with E-state index in [1.165, 1.54) is 6.92 Å². The van der Waals surface area contributed by atoms with Crippen molar-refractivity contribution in [2.75, 3.05) is 38.0 Å². The molecule has 0 unspecified atom stereocenters. The third-order valence-electron chi connectivity index (χ3n) is 5.25. The van der Waals surface area contributed by atoms with E-state index in [9.17, 15) is 14.4 Å². The number of amides is 2. The molecule has 0 saturated carbocycles. The average molecular weight is 428 g/mol. The SMILES string of the molecule is CC(=O)c1ccc(NC(=O)CCN2CCN(C(=O)Cc3ccccc3Cl)CC2)cc1. The Labute approximate surface area is 181 Å². The van der Waals surface area contributed by atoms with E-state index in [4.69, 9.17) is 11.6 Å². The number of nitrogens with one attached hydrogen (secondary N) is 1. The third kappa shape index (κ3) is 6.15. The second kappa shape index (κ2) is 10.4. The van der Waals surface area contributed by atoms with Crippen LogP contribution in [-0.2, 0) is 16.0 Å². The predicted octanol–water partition coefficient (Wildman–Crippen LogP) is 3.26. The van der Waals surface area contributed by atoms with E-state index in [-0.39, 0.29) is 17.6 Å². The molecule has 1 fully saturated rings. The van der Waals surface area contributed by atoms with Crippen molar-refractivity contribution in [3.63, 3.8) is 0 Å². The van der Waals surface area contributed by atoms with Crippen LogP contribution in [0.2, 0.25) is 5.02 Å². The molecule has 2 amide bonds. The molecule has 1 aliphatic heterocycles. The Bertz CT molecular complexity index is 906. The largest absolute Gasteiger partial charge is 0.340 e. The molecule has 2 aromatic rings. The number of carbonyl (C=O) groups excluding carboxylic acids is 3. The van der Waals surface area contributed by atoms with E-state index in [1.807, 2.05) is 23.1 Å². The molecule has 0 bridgehead atoms. The molecule has 0 atom stereocenters. The summed E-state index contributed by atoms with van der Waals surface area (Å²) in [6, 6.07) is 14.3. The molecule has 158 valence electrons. The lowest BCUT2D eigenvalue weighted by molar-refractivity contribution is -0.132. The Morgan fingerprint density at radius 2 is 1.63 bits per heavy atom. The summed E-state index contributed by atoms with van der Waals surface area (Å²) in [4.78, 5) is 40.1. The number of benzene rings is 2. The molecule has 1 N–H and O–H groups in total.